The standard InChI is InChI=1S/C15H19F2NO3/c1-7(2)9-5-11-14(21-15(16,17)20-11)13(8(3)4)10(9)6-12(18)19/h5,7-8H,6H2,1-4H3,(H2,18,19). The molecule has 1 aliphatic rings. The second-order valence-corrected chi connectivity index (χ2v) is 5.81. The molecule has 6 heteroatoms. The van der Waals surface area contributed by atoms with Gasteiger partial charge in [0, 0.05) is 5.56 Å². The molecule has 0 atom stereocenters. The van der Waals surface area contributed by atoms with E-state index in [-0.39, 0.29) is 29.8 Å². The number of benzene rings is 1. The van der Waals surface area contributed by atoms with Crippen molar-refractivity contribution in [1.82, 2.24) is 0 Å². The van der Waals surface area contributed by atoms with Crippen LogP contribution in [0.4, 0.5) is 8.78 Å². The van der Waals surface area contributed by atoms with Crippen molar-refractivity contribution in [2.75, 3.05) is 0 Å². The van der Waals surface area contributed by atoms with Crippen LogP contribution in [0.1, 0.15) is 56.2 Å². The van der Waals surface area contributed by atoms with Crippen molar-refractivity contribution in [2.24, 2.45) is 5.73 Å². The third-order valence-corrected chi connectivity index (χ3v) is 3.43. The van der Waals surface area contributed by atoms with Crippen LogP contribution in [0.3, 0.4) is 0 Å². The summed E-state index contributed by atoms with van der Waals surface area (Å²) >= 11 is 0. The summed E-state index contributed by atoms with van der Waals surface area (Å²) in [5.41, 5.74) is 7.30. The van der Waals surface area contributed by atoms with Crippen molar-refractivity contribution in [2.45, 2.75) is 52.2 Å². The first-order valence-electron chi connectivity index (χ1n) is 6.86. The lowest BCUT2D eigenvalue weighted by atomic mass is 9.86. The van der Waals surface area contributed by atoms with Crippen LogP contribution in [-0.2, 0) is 11.2 Å². The van der Waals surface area contributed by atoms with Crippen LogP contribution < -0.4 is 15.2 Å². The van der Waals surface area contributed by atoms with Crippen LogP contribution in [0.25, 0.3) is 0 Å². The largest absolute Gasteiger partial charge is 0.586 e. The van der Waals surface area contributed by atoms with Gasteiger partial charge in [0.1, 0.15) is 0 Å². The van der Waals surface area contributed by atoms with Gasteiger partial charge in [0.2, 0.25) is 5.91 Å². The Labute approximate surface area is 122 Å². The molecule has 2 rings (SSSR count). The Bertz CT molecular complexity index is 583. The monoisotopic (exact) mass is 299 g/mol. The van der Waals surface area contributed by atoms with Crippen LogP contribution in [0.2, 0.25) is 0 Å². The van der Waals surface area contributed by atoms with Crippen molar-refractivity contribution in [3.63, 3.8) is 0 Å². The Balaban J connectivity index is 2.70. The van der Waals surface area contributed by atoms with Gasteiger partial charge in [0.25, 0.3) is 0 Å². The number of fused-ring (bicyclic) bond motifs is 1. The van der Waals surface area contributed by atoms with Crippen LogP contribution in [0.15, 0.2) is 6.07 Å². The predicted octanol–water partition coefficient (Wildman–Crippen LogP) is 3.28. The number of alkyl halides is 2. The molecule has 21 heavy (non-hydrogen) atoms. The van der Waals surface area contributed by atoms with Crippen LogP contribution >= 0.6 is 0 Å². The van der Waals surface area contributed by atoms with E-state index in [0.717, 1.165) is 5.56 Å². The highest BCUT2D eigenvalue weighted by Gasteiger charge is 2.46. The van der Waals surface area contributed by atoms with Crippen molar-refractivity contribution in [3.05, 3.63) is 22.8 Å². The fourth-order valence-electron chi connectivity index (χ4n) is 2.67. The van der Waals surface area contributed by atoms with Gasteiger partial charge >= 0.3 is 6.29 Å². The van der Waals surface area contributed by atoms with E-state index in [1.165, 1.54) is 6.07 Å². The maximum absolute atomic E-state index is 13.4. The molecular weight excluding hydrogens is 280 g/mol. The molecule has 0 aromatic heterocycles. The van der Waals surface area contributed by atoms with Gasteiger partial charge in [-0.25, -0.2) is 0 Å². The Morgan fingerprint density at radius 3 is 2.33 bits per heavy atom. The number of amides is 1. The van der Waals surface area contributed by atoms with Crippen LogP contribution in [0, 0.1) is 0 Å². The molecule has 0 spiro atoms. The Hall–Kier alpha value is -1.85. The molecule has 4 nitrogen and oxygen atoms in total. The van der Waals surface area contributed by atoms with Gasteiger partial charge in [-0.2, -0.15) is 0 Å². The highest BCUT2D eigenvalue weighted by atomic mass is 19.3. The van der Waals surface area contributed by atoms with Gasteiger partial charge in [0.15, 0.2) is 11.5 Å². The van der Waals surface area contributed by atoms with Gasteiger partial charge in [-0.15, -0.1) is 8.78 Å². The lowest BCUT2D eigenvalue weighted by Crippen LogP contribution is -2.26. The van der Waals surface area contributed by atoms with Crippen molar-refractivity contribution >= 4 is 5.91 Å². The third kappa shape index (κ3) is 2.94. The summed E-state index contributed by atoms with van der Waals surface area (Å²) < 4.78 is 35.9. The summed E-state index contributed by atoms with van der Waals surface area (Å²) in [5.74, 6) is -0.551. The molecule has 1 aromatic carbocycles. The van der Waals surface area contributed by atoms with E-state index in [9.17, 15) is 13.6 Å². The first-order valence-corrected chi connectivity index (χ1v) is 6.86. The first kappa shape index (κ1) is 15.5. The number of rotatable bonds is 4. The molecule has 0 unspecified atom stereocenters. The zero-order chi connectivity index (χ0) is 15.9. The van der Waals surface area contributed by atoms with Crippen molar-refractivity contribution in [1.29, 1.82) is 0 Å². The third-order valence-electron chi connectivity index (χ3n) is 3.43. The maximum atomic E-state index is 13.4. The number of hydrogen-bond donors (Lipinski definition) is 1. The zero-order valence-corrected chi connectivity index (χ0v) is 12.5. The molecule has 0 saturated carbocycles. The van der Waals surface area contributed by atoms with E-state index in [4.69, 9.17) is 5.73 Å². The smallest absolute Gasteiger partial charge is 0.395 e. The molecule has 0 saturated heterocycles. The highest BCUT2D eigenvalue weighted by molar-refractivity contribution is 5.78. The molecule has 0 radical (unpaired) electrons. The lowest BCUT2D eigenvalue weighted by molar-refractivity contribution is -0.287. The van der Waals surface area contributed by atoms with E-state index in [2.05, 4.69) is 9.47 Å². The summed E-state index contributed by atoms with van der Waals surface area (Å²) in [5, 5.41) is 0. The quantitative estimate of drug-likeness (QED) is 0.928. The minimum Gasteiger partial charge on any atom is -0.395 e. The predicted molar refractivity (Wildman–Crippen MR) is 73.7 cm³/mol. The number of halogens is 2. The SMILES string of the molecule is CC(C)c1cc2c(c(C(C)C)c1CC(N)=O)OC(F)(F)O2. The van der Waals surface area contributed by atoms with E-state index in [1.54, 1.807) is 0 Å². The molecule has 1 heterocycles. The lowest BCUT2D eigenvalue weighted by Gasteiger charge is -2.20. The summed E-state index contributed by atoms with van der Waals surface area (Å²) in [6.07, 6.45) is -3.69. The Kier molecular flexibility index (Phi) is 3.82. The Morgan fingerprint density at radius 2 is 1.86 bits per heavy atom. The van der Waals surface area contributed by atoms with Crippen LogP contribution in [-0.4, -0.2) is 12.2 Å². The summed E-state index contributed by atoms with van der Waals surface area (Å²) in [7, 11) is 0. The molecule has 0 fully saturated rings. The molecule has 1 aromatic rings. The highest BCUT2D eigenvalue weighted by Crippen LogP contribution is 2.49. The molecule has 0 aliphatic carbocycles. The number of nitrogens with two attached hydrogens (primary N) is 1. The van der Waals surface area contributed by atoms with Crippen LogP contribution in [0.5, 0.6) is 11.5 Å². The van der Waals surface area contributed by atoms with E-state index < -0.39 is 12.2 Å². The van der Waals surface area contributed by atoms with Gasteiger partial charge in [-0.3, -0.25) is 4.79 Å². The van der Waals surface area contributed by atoms with E-state index >= 15 is 0 Å². The summed E-state index contributed by atoms with van der Waals surface area (Å²) in [6.45, 7) is 7.54. The van der Waals surface area contributed by atoms with Gasteiger partial charge < -0.3 is 15.2 Å². The number of carbonyl (C=O) groups excluding carboxylic acids is 1. The van der Waals surface area contributed by atoms with Crippen molar-refractivity contribution in [3.8, 4) is 11.5 Å². The topological polar surface area (TPSA) is 61.6 Å². The molecule has 2 N–H and O–H groups in total. The van der Waals surface area contributed by atoms with E-state index in [1.807, 2.05) is 27.7 Å². The summed E-state index contributed by atoms with van der Waals surface area (Å²) in [4.78, 5) is 11.3. The van der Waals surface area contributed by atoms with Gasteiger partial charge in [-0.05, 0) is 29.0 Å². The van der Waals surface area contributed by atoms with Gasteiger partial charge in [0.05, 0.1) is 6.42 Å². The van der Waals surface area contributed by atoms with E-state index in [0.29, 0.717) is 11.1 Å². The summed E-state index contributed by atoms with van der Waals surface area (Å²) in [6, 6.07) is 1.52. The molecular formula is C15H19F2NO3. The normalized spacial score (nSPS) is 15.8. The minimum atomic E-state index is -3.68. The number of carbonyl (C=O) groups is 1. The molecule has 1 aliphatic heterocycles. The second kappa shape index (κ2) is 5.16. The number of hydrogen-bond acceptors (Lipinski definition) is 3. The average molecular weight is 299 g/mol. The number of ether oxygens (including phenoxy) is 2. The fraction of sp³-hybridized carbons (Fsp3) is 0.533. The molecule has 0 bridgehead atoms. The van der Waals surface area contributed by atoms with Gasteiger partial charge in [-0.1, -0.05) is 27.7 Å². The minimum absolute atomic E-state index is 0.00986. The number of primary amides is 1. The second-order valence-electron chi connectivity index (χ2n) is 5.81. The molecule has 1 amide bonds. The van der Waals surface area contributed by atoms with Crippen molar-refractivity contribution < 1.29 is 23.0 Å². The molecule has 116 valence electrons. The fourth-order valence-corrected chi connectivity index (χ4v) is 2.67. The zero-order valence-electron chi connectivity index (χ0n) is 12.5. The average Bonchev–Trinajstić information content (AvgIpc) is 2.59. The Morgan fingerprint density at radius 1 is 1.24 bits per heavy atom. The first-order chi connectivity index (χ1) is 9.62. The maximum Gasteiger partial charge on any atom is 0.586 e.